The molecule has 0 spiro atoms. The van der Waals surface area contributed by atoms with E-state index in [1.165, 1.54) is 5.69 Å². The second kappa shape index (κ2) is 6.27. The normalized spacial score (nSPS) is 15.7. The Morgan fingerprint density at radius 2 is 1.65 bits per heavy atom. The summed E-state index contributed by atoms with van der Waals surface area (Å²) in [4.78, 5) is 18.1. The Kier molecular flexibility index (Phi) is 4.05. The van der Waals surface area contributed by atoms with E-state index in [0.29, 0.717) is 0 Å². The van der Waals surface area contributed by atoms with Crippen molar-refractivity contribution in [3.63, 3.8) is 0 Å². The zero-order valence-electron chi connectivity index (χ0n) is 16.0. The van der Waals surface area contributed by atoms with E-state index in [1.807, 2.05) is 6.92 Å². The molecule has 4 heterocycles. The van der Waals surface area contributed by atoms with E-state index >= 15 is 0 Å². The monoisotopic (exact) mass is 350 g/mol. The maximum Gasteiger partial charge on any atom is 0.137 e. The smallest absolute Gasteiger partial charge is 0.137 e. The van der Waals surface area contributed by atoms with Crippen molar-refractivity contribution in [3.05, 3.63) is 48.3 Å². The van der Waals surface area contributed by atoms with Crippen molar-refractivity contribution in [1.82, 2.24) is 19.4 Å². The molecule has 1 fully saturated rings. The van der Waals surface area contributed by atoms with Gasteiger partial charge in [0.1, 0.15) is 17.8 Å². The van der Waals surface area contributed by atoms with Crippen molar-refractivity contribution in [1.29, 1.82) is 0 Å². The van der Waals surface area contributed by atoms with Gasteiger partial charge < -0.3 is 14.2 Å². The second-order valence-corrected chi connectivity index (χ2v) is 8.02. The second-order valence-electron chi connectivity index (χ2n) is 8.02. The topological polar surface area (TPSA) is 49.6 Å². The summed E-state index contributed by atoms with van der Waals surface area (Å²) in [5, 5.41) is 0. The van der Waals surface area contributed by atoms with E-state index in [-0.39, 0.29) is 5.41 Å². The summed E-state index contributed by atoms with van der Waals surface area (Å²) in [6.45, 7) is 12.5. The molecule has 26 heavy (non-hydrogen) atoms. The fourth-order valence-corrected chi connectivity index (χ4v) is 3.34. The van der Waals surface area contributed by atoms with Gasteiger partial charge in [-0.05, 0) is 19.1 Å². The number of anilines is 2. The summed E-state index contributed by atoms with van der Waals surface area (Å²) in [5.74, 6) is 1.03. The molecule has 136 valence electrons. The molecule has 0 bridgehead atoms. The SMILES string of the molecule is Cc1cc(N2CCN(c3ccc4nc(C(C)(C)C)cn4c3)CC2)ncn1. The molecule has 0 aliphatic carbocycles. The number of imidazole rings is 1. The van der Waals surface area contributed by atoms with Crippen LogP contribution in [-0.2, 0) is 5.41 Å². The Hall–Kier alpha value is -2.63. The third-order valence-electron chi connectivity index (χ3n) is 4.96. The predicted octanol–water partition coefficient (Wildman–Crippen LogP) is 3.06. The van der Waals surface area contributed by atoms with Crippen LogP contribution in [0.3, 0.4) is 0 Å². The third-order valence-corrected chi connectivity index (χ3v) is 4.96. The van der Waals surface area contributed by atoms with Crippen LogP contribution < -0.4 is 9.80 Å². The van der Waals surface area contributed by atoms with E-state index in [1.54, 1.807) is 6.33 Å². The van der Waals surface area contributed by atoms with Gasteiger partial charge in [-0.25, -0.2) is 15.0 Å². The highest BCUT2D eigenvalue weighted by atomic mass is 15.3. The van der Waals surface area contributed by atoms with Crippen LogP contribution >= 0.6 is 0 Å². The van der Waals surface area contributed by atoms with E-state index in [0.717, 1.165) is 49.0 Å². The third kappa shape index (κ3) is 3.23. The Labute approximate surface area is 154 Å². The molecule has 3 aromatic rings. The maximum absolute atomic E-state index is 4.75. The average Bonchev–Trinajstić information content (AvgIpc) is 3.05. The standard InChI is InChI=1S/C20H26N6/c1-15-11-19(22-14-21-15)25-9-7-24(8-10-25)16-5-6-18-23-17(20(2,3)4)13-26(18)12-16/h5-6,11-14H,7-10H2,1-4H3. The van der Waals surface area contributed by atoms with Gasteiger partial charge in [-0.3, -0.25) is 0 Å². The number of pyridine rings is 1. The highest BCUT2D eigenvalue weighted by Gasteiger charge is 2.20. The Morgan fingerprint density at radius 3 is 2.35 bits per heavy atom. The van der Waals surface area contributed by atoms with Crippen LogP contribution in [0.15, 0.2) is 36.9 Å². The van der Waals surface area contributed by atoms with Crippen LogP contribution in [0, 0.1) is 6.92 Å². The number of piperazine rings is 1. The molecule has 0 atom stereocenters. The zero-order valence-corrected chi connectivity index (χ0v) is 16.0. The minimum absolute atomic E-state index is 0.0630. The van der Waals surface area contributed by atoms with Gasteiger partial charge in [0.15, 0.2) is 0 Å². The van der Waals surface area contributed by atoms with Crippen molar-refractivity contribution < 1.29 is 0 Å². The molecule has 0 N–H and O–H groups in total. The summed E-state index contributed by atoms with van der Waals surface area (Å²) in [5.41, 5.74) is 4.45. The van der Waals surface area contributed by atoms with Crippen molar-refractivity contribution in [2.24, 2.45) is 0 Å². The van der Waals surface area contributed by atoms with Crippen molar-refractivity contribution in [2.45, 2.75) is 33.1 Å². The number of fused-ring (bicyclic) bond motifs is 1. The lowest BCUT2D eigenvalue weighted by Crippen LogP contribution is -2.46. The Morgan fingerprint density at radius 1 is 0.923 bits per heavy atom. The van der Waals surface area contributed by atoms with Crippen LogP contribution in [-0.4, -0.2) is 45.5 Å². The summed E-state index contributed by atoms with van der Waals surface area (Å²) >= 11 is 0. The first-order valence-electron chi connectivity index (χ1n) is 9.18. The summed E-state index contributed by atoms with van der Waals surface area (Å²) in [6, 6.07) is 6.35. The van der Waals surface area contributed by atoms with Gasteiger partial charge in [0.2, 0.25) is 0 Å². The van der Waals surface area contributed by atoms with Crippen molar-refractivity contribution >= 4 is 17.2 Å². The molecular weight excluding hydrogens is 324 g/mol. The fraction of sp³-hybridized carbons (Fsp3) is 0.450. The molecule has 0 saturated carbocycles. The lowest BCUT2D eigenvalue weighted by molar-refractivity contribution is 0.573. The molecule has 0 unspecified atom stereocenters. The number of hydrogen-bond donors (Lipinski definition) is 0. The van der Waals surface area contributed by atoms with Gasteiger partial charge >= 0.3 is 0 Å². The Balaban J connectivity index is 1.50. The van der Waals surface area contributed by atoms with Gasteiger partial charge in [-0.2, -0.15) is 0 Å². The van der Waals surface area contributed by atoms with Gasteiger partial charge in [-0.15, -0.1) is 0 Å². The highest BCUT2D eigenvalue weighted by molar-refractivity contribution is 5.54. The molecule has 3 aromatic heterocycles. The Bertz CT molecular complexity index is 915. The van der Waals surface area contributed by atoms with Crippen LogP contribution in [0.4, 0.5) is 11.5 Å². The first-order valence-corrected chi connectivity index (χ1v) is 9.18. The van der Waals surface area contributed by atoms with Crippen molar-refractivity contribution in [3.8, 4) is 0 Å². The molecule has 1 saturated heterocycles. The van der Waals surface area contributed by atoms with Gasteiger partial charge in [-0.1, -0.05) is 20.8 Å². The molecule has 6 heteroatoms. The van der Waals surface area contributed by atoms with E-state index in [4.69, 9.17) is 4.98 Å². The maximum atomic E-state index is 4.75. The predicted molar refractivity (Wildman–Crippen MR) is 105 cm³/mol. The molecule has 0 radical (unpaired) electrons. The minimum Gasteiger partial charge on any atom is -0.367 e. The summed E-state index contributed by atoms with van der Waals surface area (Å²) in [7, 11) is 0. The van der Waals surface area contributed by atoms with E-state index < -0.39 is 0 Å². The molecule has 4 rings (SSSR count). The van der Waals surface area contributed by atoms with Gasteiger partial charge in [0, 0.05) is 55.7 Å². The molecule has 0 amide bonds. The molecule has 1 aliphatic heterocycles. The lowest BCUT2D eigenvalue weighted by atomic mass is 9.93. The van der Waals surface area contributed by atoms with Crippen LogP contribution in [0.2, 0.25) is 0 Å². The fourth-order valence-electron chi connectivity index (χ4n) is 3.34. The quantitative estimate of drug-likeness (QED) is 0.711. The summed E-state index contributed by atoms with van der Waals surface area (Å²) < 4.78 is 2.15. The lowest BCUT2D eigenvalue weighted by Gasteiger charge is -2.36. The van der Waals surface area contributed by atoms with Crippen LogP contribution in [0.1, 0.15) is 32.2 Å². The molecule has 0 aromatic carbocycles. The van der Waals surface area contributed by atoms with Gasteiger partial charge in [0.05, 0.1) is 11.4 Å². The number of rotatable bonds is 2. The number of nitrogens with zero attached hydrogens (tertiary/aromatic N) is 6. The first-order chi connectivity index (χ1) is 12.4. The van der Waals surface area contributed by atoms with Gasteiger partial charge in [0.25, 0.3) is 0 Å². The van der Waals surface area contributed by atoms with Crippen LogP contribution in [0.5, 0.6) is 0 Å². The number of hydrogen-bond acceptors (Lipinski definition) is 5. The number of aromatic nitrogens is 4. The average molecular weight is 350 g/mol. The minimum atomic E-state index is 0.0630. The number of aryl methyl sites for hydroxylation is 1. The van der Waals surface area contributed by atoms with Crippen LogP contribution in [0.25, 0.3) is 5.65 Å². The zero-order chi connectivity index (χ0) is 18.3. The highest BCUT2D eigenvalue weighted by Crippen LogP contribution is 2.24. The summed E-state index contributed by atoms with van der Waals surface area (Å²) in [6.07, 6.45) is 6.00. The first kappa shape index (κ1) is 16.8. The van der Waals surface area contributed by atoms with E-state index in [2.05, 4.69) is 75.5 Å². The van der Waals surface area contributed by atoms with Crippen molar-refractivity contribution in [2.75, 3.05) is 36.0 Å². The van der Waals surface area contributed by atoms with E-state index in [9.17, 15) is 0 Å². The molecule has 6 nitrogen and oxygen atoms in total. The largest absolute Gasteiger partial charge is 0.367 e. The molecular formula is C20H26N6. The molecule has 1 aliphatic rings.